The highest BCUT2D eigenvalue weighted by molar-refractivity contribution is 5.94. The third-order valence-corrected chi connectivity index (χ3v) is 11.7. The number of benzene rings is 1. The van der Waals surface area contributed by atoms with Gasteiger partial charge in [-0.15, -0.1) is 0 Å². The Morgan fingerprint density at radius 2 is 1.67 bits per heavy atom. The van der Waals surface area contributed by atoms with Crippen LogP contribution in [-0.4, -0.2) is 58.7 Å². The highest BCUT2D eigenvalue weighted by Gasteiger charge is 2.68. The Balaban J connectivity index is 1.21. The summed E-state index contributed by atoms with van der Waals surface area (Å²) in [6, 6.07) is 7.74. The number of nitrogens with one attached hydrogen (secondary N) is 1. The molecule has 4 aliphatic rings. The number of esters is 2. The van der Waals surface area contributed by atoms with Crippen molar-refractivity contribution in [3.8, 4) is 0 Å². The number of amides is 1. The first-order chi connectivity index (χ1) is 21.8. The minimum absolute atomic E-state index is 0.0390. The summed E-state index contributed by atoms with van der Waals surface area (Å²) in [5.74, 6) is -2.53. The van der Waals surface area contributed by atoms with Gasteiger partial charge in [0.1, 0.15) is 6.04 Å². The zero-order chi connectivity index (χ0) is 33.3. The summed E-state index contributed by atoms with van der Waals surface area (Å²) in [4.78, 5) is 75.4. The lowest BCUT2D eigenvalue weighted by molar-refractivity contribution is -0.191. The first-order valence-electron chi connectivity index (χ1n) is 16.5. The van der Waals surface area contributed by atoms with Crippen molar-refractivity contribution in [1.82, 2.24) is 5.32 Å². The highest BCUT2D eigenvalue weighted by atomic mass is 16.6. The maximum atomic E-state index is 13.9. The third-order valence-electron chi connectivity index (χ3n) is 11.7. The number of carboxylic acid groups (broad SMARTS) is 1. The molecular formula is C36H45NO9. The number of ketones is 2. The number of fused-ring (bicyclic) bond motifs is 5. The zero-order valence-electron chi connectivity index (χ0n) is 27.0. The summed E-state index contributed by atoms with van der Waals surface area (Å²) in [5, 5.41) is 12.0. The molecule has 4 aliphatic carbocycles. The lowest BCUT2D eigenvalue weighted by atomic mass is 9.46. The van der Waals surface area contributed by atoms with Crippen molar-refractivity contribution < 1.29 is 43.3 Å². The number of hydrogen-bond acceptors (Lipinski definition) is 8. The van der Waals surface area contributed by atoms with Crippen LogP contribution in [0.2, 0.25) is 0 Å². The van der Waals surface area contributed by atoms with Gasteiger partial charge >= 0.3 is 17.9 Å². The van der Waals surface area contributed by atoms with E-state index in [1.165, 1.54) is 12.5 Å². The molecular weight excluding hydrogens is 590 g/mol. The average molecular weight is 636 g/mol. The Bertz CT molecular complexity index is 1440. The second kappa shape index (κ2) is 13.1. The molecule has 0 unspecified atom stereocenters. The molecule has 0 bridgehead atoms. The Morgan fingerprint density at radius 1 is 0.957 bits per heavy atom. The van der Waals surface area contributed by atoms with Gasteiger partial charge < -0.3 is 19.9 Å². The van der Waals surface area contributed by atoms with Crippen molar-refractivity contribution in [3.05, 3.63) is 47.5 Å². The van der Waals surface area contributed by atoms with Gasteiger partial charge in [0.25, 0.3) is 0 Å². The van der Waals surface area contributed by atoms with Crippen molar-refractivity contribution in [2.45, 2.75) is 103 Å². The van der Waals surface area contributed by atoms with E-state index in [4.69, 9.17) is 9.47 Å². The van der Waals surface area contributed by atoms with Gasteiger partial charge in [-0.3, -0.25) is 24.0 Å². The van der Waals surface area contributed by atoms with E-state index in [1.54, 1.807) is 24.3 Å². The summed E-state index contributed by atoms with van der Waals surface area (Å²) in [5.41, 5.74) is -0.0868. The molecule has 7 atom stereocenters. The van der Waals surface area contributed by atoms with E-state index < -0.39 is 53.3 Å². The first-order valence-corrected chi connectivity index (χ1v) is 16.5. The zero-order valence-corrected chi connectivity index (χ0v) is 27.0. The number of carbonyl (C=O) groups is 6. The molecule has 248 valence electrons. The largest absolute Gasteiger partial charge is 0.480 e. The standard InChI is InChI=1S/C36H45NO9/c1-22(38)46-36(18-15-28-26-10-9-24-20-25(39)13-16-34(24,2)27(26)14-17-35(28,36)3)30(40)21-45-32(42)12-11-31(41)37-29(33(43)44)19-23-7-5-4-6-8-23/h4-8,20,26-29H,9-19,21H2,1-3H3,(H,37,41)(H,43,44)/t26-,27-,28-,29+,34+,35+,36-/m1/s1. The number of carboxylic acids is 1. The van der Waals surface area contributed by atoms with Crippen molar-refractivity contribution >= 4 is 35.4 Å². The molecule has 5 rings (SSSR count). The fourth-order valence-electron chi connectivity index (χ4n) is 9.35. The van der Waals surface area contributed by atoms with E-state index >= 15 is 0 Å². The van der Waals surface area contributed by atoms with Crippen LogP contribution in [0.1, 0.15) is 90.5 Å². The molecule has 10 heteroatoms. The maximum absolute atomic E-state index is 13.9. The summed E-state index contributed by atoms with van der Waals surface area (Å²) < 4.78 is 11.3. The number of rotatable bonds is 11. The van der Waals surface area contributed by atoms with E-state index in [2.05, 4.69) is 12.2 Å². The molecule has 3 fully saturated rings. The molecule has 0 radical (unpaired) electrons. The minimum Gasteiger partial charge on any atom is -0.480 e. The van der Waals surface area contributed by atoms with Gasteiger partial charge in [0.15, 0.2) is 18.0 Å². The van der Waals surface area contributed by atoms with Crippen LogP contribution in [0.4, 0.5) is 0 Å². The predicted octanol–water partition coefficient (Wildman–Crippen LogP) is 4.52. The molecule has 10 nitrogen and oxygen atoms in total. The average Bonchev–Trinajstić information content (AvgIpc) is 3.31. The van der Waals surface area contributed by atoms with Gasteiger partial charge in [-0.2, -0.15) is 0 Å². The van der Waals surface area contributed by atoms with Crippen LogP contribution < -0.4 is 5.32 Å². The van der Waals surface area contributed by atoms with Gasteiger partial charge in [0, 0.05) is 31.6 Å². The number of allylic oxidation sites excluding steroid dienone is 1. The minimum atomic E-state index is -1.42. The summed E-state index contributed by atoms with van der Waals surface area (Å²) in [7, 11) is 0. The number of carbonyl (C=O) groups excluding carboxylic acids is 5. The molecule has 46 heavy (non-hydrogen) atoms. The number of aliphatic carboxylic acids is 1. The Hall–Kier alpha value is -3.82. The van der Waals surface area contributed by atoms with Crippen LogP contribution in [-0.2, 0) is 44.7 Å². The number of hydrogen-bond donors (Lipinski definition) is 2. The quantitative estimate of drug-likeness (QED) is 0.334. The molecule has 0 heterocycles. The second-order valence-electron chi connectivity index (χ2n) is 14.1. The molecule has 1 aromatic carbocycles. The van der Waals surface area contributed by atoms with E-state index in [-0.39, 0.29) is 36.4 Å². The second-order valence-corrected chi connectivity index (χ2v) is 14.1. The van der Waals surface area contributed by atoms with Crippen LogP contribution in [0.5, 0.6) is 0 Å². The fraction of sp³-hybridized carbons (Fsp3) is 0.611. The smallest absolute Gasteiger partial charge is 0.326 e. The Labute approximate surface area is 269 Å². The Morgan fingerprint density at radius 3 is 2.37 bits per heavy atom. The molecule has 1 amide bonds. The van der Waals surface area contributed by atoms with Crippen LogP contribution >= 0.6 is 0 Å². The normalized spacial score (nSPS) is 32.1. The summed E-state index contributed by atoms with van der Waals surface area (Å²) in [6.45, 7) is 5.04. The lowest BCUT2D eigenvalue weighted by Gasteiger charge is -2.59. The van der Waals surface area contributed by atoms with Gasteiger partial charge in [-0.25, -0.2) is 4.79 Å². The molecule has 0 aliphatic heterocycles. The topological polar surface area (TPSA) is 153 Å². The van der Waals surface area contributed by atoms with Crippen LogP contribution in [0.3, 0.4) is 0 Å². The van der Waals surface area contributed by atoms with Crippen molar-refractivity contribution in [1.29, 1.82) is 0 Å². The molecule has 3 saturated carbocycles. The highest BCUT2D eigenvalue weighted by Crippen LogP contribution is 2.68. The fourth-order valence-corrected chi connectivity index (χ4v) is 9.35. The van der Waals surface area contributed by atoms with Crippen molar-refractivity contribution in [3.63, 3.8) is 0 Å². The summed E-state index contributed by atoms with van der Waals surface area (Å²) >= 11 is 0. The van der Waals surface area contributed by atoms with Crippen LogP contribution in [0.25, 0.3) is 0 Å². The van der Waals surface area contributed by atoms with E-state index in [0.717, 1.165) is 31.2 Å². The SMILES string of the molecule is CC(=O)O[C@@]1(C(=O)COC(=O)CCC(=O)N[C@@H](Cc2ccccc2)C(=O)O)CC[C@@H]2[C@@H]3CCC4=CC(=O)CC[C@]4(C)[C@@H]3CC[C@@]21C. The monoisotopic (exact) mass is 635 g/mol. The van der Waals surface area contributed by atoms with Gasteiger partial charge in [-0.05, 0) is 79.8 Å². The molecule has 0 saturated heterocycles. The van der Waals surface area contributed by atoms with Gasteiger partial charge in [-0.1, -0.05) is 49.8 Å². The molecule has 1 aromatic rings. The number of ether oxygens (including phenoxy) is 2. The molecule has 0 spiro atoms. The third kappa shape index (κ3) is 6.27. The van der Waals surface area contributed by atoms with E-state index in [1.807, 2.05) is 19.1 Å². The van der Waals surface area contributed by atoms with Gasteiger partial charge in [0.05, 0.1) is 6.42 Å². The Kier molecular flexibility index (Phi) is 9.57. The van der Waals surface area contributed by atoms with Crippen LogP contribution in [0.15, 0.2) is 42.0 Å². The molecule has 0 aromatic heterocycles. The van der Waals surface area contributed by atoms with E-state index in [0.29, 0.717) is 37.5 Å². The van der Waals surface area contributed by atoms with E-state index in [9.17, 15) is 33.9 Å². The predicted molar refractivity (Wildman–Crippen MR) is 166 cm³/mol. The van der Waals surface area contributed by atoms with Crippen molar-refractivity contribution in [2.24, 2.45) is 28.6 Å². The maximum Gasteiger partial charge on any atom is 0.326 e. The van der Waals surface area contributed by atoms with Crippen LogP contribution in [0, 0.1) is 28.6 Å². The first kappa shape index (κ1) is 33.5. The van der Waals surface area contributed by atoms with Crippen molar-refractivity contribution in [2.75, 3.05) is 6.61 Å². The summed E-state index contributed by atoms with van der Waals surface area (Å²) in [6.07, 6.45) is 7.10. The number of Topliss-reactive ketones (excluding diaryl/α,β-unsaturated/α-hetero) is 1. The lowest BCUT2D eigenvalue weighted by Crippen LogP contribution is -2.59. The van der Waals surface area contributed by atoms with Gasteiger partial charge in [0.2, 0.25) is 11.7 Å². The molecule has 2 N–H and O–H groups in total.